The van der Waals surface area contributed by atoms with E-state index in [0.29, 0.717) is 18.7 Å². The van der Waals surface area contributed by atoms with Gasteiger partial charge in [0.2, 0.25) is 5.91 Å². The Labute approximate surface area is 220 Å². The second-order valence-corrected chi connectivity index (χ2v) is 9.43. The predicted octanol–water partition coefficient (Wildman–Crippen LogP) is 5.62. The van der Waals surface area contributed by atoms with E-state index in [1.807, 2.05) is 61.5 Å². The van der Waals surface area contributed by atoms with Crippen LogP contribution in [0, 0.1) is 0 Å². The number of hydrogen-bond donors (Lipinski definition) is 1. The topological polar surface area (TPSA) is 65.5 Å². The van der Waals surface area contributed by atoms with Crippen LogP contribution < -0.4 is 5.32 Å². The van der Waals surface area contributed by atoms with Crippen molar-refractivity contribution in [2.45, 2.75) is 40.2 Å². The van der Waals surface area contributed by atoms with Gasteiger partial charge in [0.25, 0.3) is 5.91 Å². The molecule has 0 bridgehead atoms. The zero-order valence-electron chi connectivity index (χ0n) is 22.0. The van der Waals surface area contributed by atoms with Gasteiger partial charge in [0.15, 0.2) is 0 Å². The lowest BCUT2D eigenvalue weighted by Crippen LogP contribution is -2.30. The number of likely N-dealkylation sites (tertiary alicyclic amines) is 1. The molecule has 0 unspecified atom stereocenters. The molecule has 0 aliphatic carbocycles. The molecule has 2 heterocycles. The van der Waals surface area contributed by atoms with Gasteiger partial charge < -0.3 is 10.2 Å². The Bertz CT molecular complexity index is 1220. The van der Waals surface area contributed by atoms with Crippen molar-refractivity contribution in [3.8, 4) is 0 Å². The Morgan fingerprint density at radius 3 is 2.03 bits per heavy atom. The number of anilines is 1. The van der Waals surface area contributed by atoms with Crippen LogP contribution in [-0.4, -0.2) is 52.8 Å². The Morgan fingerprint density at radius 1 is 0.892 bits per heavy atom. The fourth-order valence-electron chi connectivity index (χ4n) is 4.95. The molecule has 6 nitrogen and oxygen atoms in total. The number of rotatable bonds is 8. The zero-order chi connectivity index (χ0) is 26.2. The highest BCUT2D eigenvalue weighted by Gasteiger charge is 2.20. The van der Waals surface area contributed by atoms with Crippen LogP contribution in [0.1, 0.15) is 60.7 Å². The fraction of sp³-hybridized carbons (Fsp3) is 0.323. The summed E-state index contributed by atoms with van der Waals surface area (Å²) in [5.74, 6) is -0.0186. The molecule has 1 aromatic heterocycles. The van der Waals surface area contributed by atoms with Crippen molar-refractivity contribution >= 4 is 23.1 Å². The van der Waals surface area contributed by atoms with E-state index in [0.717, 1.165) is 49.3 Å². The third-order valence-electron chi connectivity index (χ3n) is 6.91. The molecule has 3 aromatic rings. The second kappa shape index (κ2) is 12.5. The minimum absolute atomic E-state index is 0.0640. The molecular weight excluding hydrogens is 460 g/mol. The molecule has 2 aromatic carbocycles. The van der Waals surface area contributed by atoms with Gasteiger partial charge in [-0.3, -0.25) is 19.5 Å². The number of pyridine rings is 1. The van der Waals surface area contributed by atoms with Crippen LogP contribution >= 0.6 is 0 Å². The second-order valence-electron chi connectivity index (χ2n) is 9.43. The van der Waals surface area contributed by atoms with Crippen LogP contribution in [0.2, 0.25) is 0 Å². The molecule has 37 heavy (non-hydrogen) atoms. The SMILES string of the molecule is CCN(CC)C(=O)c1ccc(C(=C2CCN(Cc3cccnc3)CC2)c2ccc(NC(C)=O)cc2)cc1. The van der Waals surface area contributed by atoms with Crippen LogP contribution in [-0.2, 0) is 11.3 Å². The number of nitrogens with zero attached hydrogens (tertiary/aromatic N) is 3. The summed E-state index contributed by atoms with van der Waals surface area (Å²) in [6.45, 7) is 9.79. The summed E-state index contributed by atoms with van der Waals surface area (Å²) in [5, 5.41) is 2.85. The van der Waals surface area contributed by atoms with Gasteiger partial charge in [0, 0.05) is 63.3 Å². The van der Waals surface area contributed by atoms with Crippen molar-refractivity contribution in [3.05, 3.63) is 101 Å². The van der Waals surface area contributed by atoms with Gasteiger partial charge in [-0.05, 0) is 79.3 Å². The summed E-state index contributed by atoms with van der Waals surface area (Å²) in [6, 6.07) is 20.2. The van der Waals surface area contributed by atoms with E-state index in [1.165, 1.54) is 23.6 Å². The quantitative estimate of drug-likeness (QED) is 0.440. The molecule has 1 saturated heterocycles. The number of piperidine rings is 1. The van der Waals surface area contributed by atoms with Crippen molar-refractivity contribution in [1.29, 1.82) is 0 Å². The Kier molecular flexibility index (Phi) is 8.86. The van der Waals surface area contributed by atoms with Crippen LogP contribution in [0.25, 0.3) is 5.57 Å². The molecule has 0 saturated carbocycles. The number of nitrogens with one attached hydrogen (secondary N) is 1. The minimum atomic E-state index is -0.0826. The van der Waals surface area contributed by atoms with Crippen molar-refractivity contribution in [3.63, 3.8) is 0 Å². The first-order valence-electron chi connectivity index (χ1n) is 13.1. The molecule has 0 radical (unpaired) electrons. The molecule has 1 fully saturated rings. The number of carbonyl (C=O) groups is 2. The average Bonchev–Trinajstić information content (AvgIpc) is 2.92. The van der Waals surface area contributed by atoms with Gasteiger partial charge >= 0.3 is 0 Å². The average molecular weight is 497 g/mol. The van der Waals surface area contributed by atoms with Gasteiger partial charge in [-0.2, -0.15) is 0 Å². The first-order chi connectivity index (χ1) is 18.0. The lowest BCUT2D eigenvalue weighted by Gasteiger charge is -2.30. The third kappa shape index (κ3) is 6.71. The normalized spacial score (nSPS) is 13.8. The monoisotopic (exact) mass is 496 g/mol. The summed E-state index contributed by atoms with van der Waals surface area (Å²) >= 11 is 0. The lowest BCUT2D eigenvalue weighted by molar-refractivity contribution is -0.114. The van der Waals surface area contributed by atoms with E-state index in [9.17, 15) is 9.59 Å². The van der Waals surface area contributed by atoms with Crippen molar-refractivity contribution < 1.29 is 9.59 Å². The molecule has 192 valence electrons. The molecular formula is C31H36N4O2. The van der Waals surface area contributed by atoms with E-state index in [4.69, 9.17) is 0 Å². The Hall–Kier alpha value is -3.77. The third-order valence-corrected chi connectivity index (χ3v) is 6.91. The molecule has 1 N–H and O–H groups in total. The standard InChI is InChI=1S/C31H36N4O2/c1-4-35(5-2)31(37)28-10-8-25(9-11-28)30(26-12-14-29(15-13-26)33-23(3)36)27-16-19-34(20-17-27)22-24-7-6-18-32-21-24/h6-15,18,21H,4-5,16-17,19-20,22H2,1-3H3,(H,33,36). The smallest absolute Gasteiger partial charge is 0.253 e. The molecule has 0 spiro atoms. The van der Waals surface area contributed by atoms with Gasteiger partial charge in [0.05, 0.1) is 0 Å². The predicted molar refractivity (Wildman–Crippen MR) is 149 cm³/mol. The van der Waals surface area contributed by atoms with Crippen molar-refractivity contribution in [2.24, 2.45) is 0 Å². The highest BCUT2D eigenvalue weighted by molar-refractivity contribution is 5.95. The highest BCUT2D eigenvalue weighted by Crippen LogP contribution is 2.33. The summed E-state index contributed by atoms with van der Waals surface area (Å²) in [4.78, 5) is 32.9. The Morgan fingerprint density at radius 2 is 1.49 bits per heavy atom. The van der Waals surface area contributed by atoms with Gasteiger partial charge in [-0.1, -0.05) is 35.9 Å². The molecule has 1 aliphatic rings. The maximum absolute atomic E-state index is 12.8. The zero-order valence-corrected chi connectivity index (χ0v) is 22.0. The maximum Gasteiger partial charge on any atom is 0.253 e. The van der Waals surface area contributed by atoms with E-state index in [1.54, 1.807) is 0 Å². The molecule has 1 aliphatic heterocycles. The number of aromatic nitrogens is 1. The van der Waals surface area contributed by atoms with Gasteiger partial charge in [-0.15, -0.1) is 0 Å². The summed E-state index contributed by atoms with van der Waals surface area (Å²) in [7, 11) is 0. The molecule has 2 amide bonds. The Balaban J connectivity index is 1.62. The van der Waals surface area contributed by atoms with Crippen LogP contribution in [0.4, 0.5) is 5.69 Å². The van der Waals surface area contributed by atoms with E-state index < -0.39 is 0 Å². The van der Waals surface area contributed by atoms with Gasteiger partial charge in [-0.25, -0.2) is 0 Å². The summed E-state index contributed by atoms with van der Waals surface area (Å²) in [5.41, 5.74) is 7.59. The lowest BCUT2D eigenvalue weighted by atomic mass is 9.88. The largest absolute Gasteiger partial charge is 0.339 e. The molecule has 0 atom stereocenters. The van der Waals surface area contributed by atoms with Crippen LogP contribution in [0.3, 0.4) is 0 Å². The first kappa shape index (κ1) is 26.3. The number of carbonyl (C=O) groups excluding carboxylic acids is 2. The van der Waals surface area contributed by atoms with Crippen molar-refractivity contribution in [1.82, 2.24) is 14.8 Å². The molecule has 4 rings (SSSR count). The number of hydrogen-bond acceptors (Lipinski definition) is 4. The number of amides is 2. The molecule has 6 heteroatoms. The summed E-state index contributed by atoms with van der Waals surface area (Å²) < 4.78 is 0. The maximum atomic E-state index is 12.8. The van der Waals surface area contributed by atoms with Gasteiger partial charge in [0.1, 0.15) is 0 Å². The van der Waals surface area contributed by atoms with Crippen LogP contribution in [0.15, 0.2) is 78.6 Å². The van der Waals surface area contributed by atoms with E-state index >= 15 is 0 Å². The first-order valence-corrected chi connectivity index (χ1v) is 13.1. The fourth-order valence-corrected chi connectivity index (χ4v) is 4.95. The highest BCUT2D eigenvalue weighted by atomic mass is 16.2. The van der Waals surface area contributed by atoms with E-state index in [2.05, 4.69) is 45.5 Å². The number of benzene rings is 2. The minimum Gasteiger partial charge on any atom is -0.339 e. The summed E-state index contributed by atoms with van der Waals surface area (Å²) in [6.07, 6.45) is 5.70. The van der Waals surface area contributed by atoms with Crippen molar-refractivity contribution in [2.75, 3.05) is 31.5 Å². The van der Waals surface area contributed by atoms with E-state index in [-0.39, 0.29) is 11.8 Å². The van der Waals surface area contributed by atoms with Crippen LogP contribution in [0.5, 0.6) is 0 Å².